The summed E-state index contributed by atoms with van der Waals surface area (Å²) in [5.41, 5.74) is 0.358. The molecule has 1 amide bonds. The average Bonchev–Trinajstić information content (AvgIpc) is 3.14. The Morgan fingerprint density at radius 3 is 2.67 bits per heavy atom. The van der Waals surface area contributed by atoms with Gasteiger partial charge in [0.15, 0.2) is 11.3 Å². The summed E-state index contributed by atoms with van der Waals surface area (Å²) in [5, 5.41) is 11.8. The number of amides is 1. The van der Waals surface area contributed by atoms with Crippen molar-refractivity contribution in [2.45, 2.75) is 32.2 Å². The van der Waals surface area contributed by atoms with Gasteiger partial charge in [0, 0.05) is 11.9 Å². The molecule has 1 aliphatic heterocycles. The summed E-state index contributed by atoms with van der Waals surface area (Å²) < 4.78 is 15.9. The van der Waals surface area contributed by atoms with E-state index >= 15 is 0 Å². The number of hydrogen-bond acceptors (Lipinski definition) is 7. The lowest BCUT2D eigenvalue weighted by Gasteiger charge is -2.25. The number of benzene rings is 1. The monoisotopic (exact) mass is 374 g/mol. The zero-order chi connectivity index (χ0) is 19.7. The summed E-state index contributed by atoms with van der Waals surface area (Å²) in [5.74, 6) is -0.994. The van der Waals surface area contributed by atoms with Crippen LogP contribution in [0.2, 0.25) is 0 Å². The fraction of sp³-hybridized carbons (Fsp3) is 0.421. The van der Waals surface area contributed by atoms with Crippen molar-refractivity contribution in [3.05, 3.63) is 33.7 Å². The van der Waals surface area contributed by atoms with E-state index in [9.17, 15) is 19.5 Å². The molecular formula is C19H20NO7-. The normalized spacial score (nSPS) is 16.6. The van der Waals surface area contributed by atoms with Gasteiger partial charge in [-0.2, -0.15) is 0 Å². The summed E-state index contributed by atoms with van der Waals surface area (Å²) in [7, 11) is 2.92. The van der Waals surface area contributed by atoms with Gasteiger partial charge in [-0.25, -0.2) is 4.79 Å². The molecule has 1 saturated heterocycles. The second-order valence-corrected chi connectivity index (χ2v) is 6.41. The molecule has 0 spiro atoms. The molecule has 1 aliphatic rings. The molecule has 0 aliphatic carbocycles. The molecule has 0 bridgehead atoms. The van der Waals surface area contributed by atoms with Gasteiger partial charge in [-0.15, -0.1) is 0 Å². The zero-order valence-corrected chi connectivity index (χ0v) is 15.4. The Kier molecular flexibility index (Phi) is 5.07. The van der Waals surface area contributed by atoms with Crippen molar-refractivity contribution >= 4 is 22.8 Å². The second kappa shape index (κ2) is 7.30. The molecule has 144 valence electrons. The van der Waals surface area contributed by atoms with E-state index in [0.717, 1.165) is 0 Å². The second-order valence-electron chi connectivity index (χ2n) is 6.41. The molecule has 8 nitrogen and oxygen atoms in total. The number of carbonyl (C=O) groups is 2. The maximum Gasteiger partial charge on any atom is 0.340 e. The largest absolute Gasteiger partial charge is 0.548 e. The molecule has 0 N–H and O–H groups in total. The lowest BCUT2D eigenvalue weighted by Crippen LogP contribution is -2.47. The van der Waals surface area contributed by atoms with Gasteiger partial charge in [-0.05, 0) is 37.5 Å². The lowest BCUT2D eigenvalue weighted by atomic mass is 10.0. The average molecular weight is 374 g/mol. The highest BCUT2D eigenvalue weighted by Crippen LogP contribution is 2.36. The SMILES string of the molecule is COc1ccc2c(C)c(CC(=O)N3CCC[C@@H]3C(=O)[O-])c(=O)oc2c1OC. The number of carboxylic acids is 1. The predicted octanol–water partition coefficient (Wildman–Crippen LogP) is 0.402. The number of aryl methyl sites for hydroxylation is 1. The molecule has 27 heavy (non-hydrogen) atoms. The first-order chi connectivity index (χ1) is 12.9. The topological polar surface area (TPSA) is 109 Å². The van der Waals surface area contributed by atoms with Crippen LogP contribution in [0.25, 0.3) is 11.0 Å². The van der Waals surface area contributed by atoms with Crippen LogP contribution in [0.1, 0.15) is 24.0 Å². The predicted molar refractivity (Wildman–Crippen MR) is 93.8 cm³/mol. The summed E-state index contributed by atoms with van der Waals surface area (Å²) in [6.45, 7) is 2.05. The Balaban J connectivity index is 2.02. The standard InChI is InChI=1S/C19H21NO7/c1-10-11-6-7-14(25-2)17(26-3)16(11)27-19(24)12(10)9-15(21)20-8-4-5-13(20)18(22)23/h6-7,13H,4-5,8-9H2,1-3H3,(H,22,23)/p-1/t13-/m1/s1. The first-order valence-electron chi connectivity index (χ1n) is 8.56. The van der Waals surface area contributed by atoms with Crippen molar-refractivity contribution in [1.82, 2.24) is 4.90 Å². The number of nitrogens with zero attached hydrogens (tertiary/aromatic N) is 1. The van der Waals surface area contributed by atoms with E-state index in [-0.39, 0.29) is 17.6 Å². The van der Waals surface area contributed by atoms with Crippen molar-refractivity contribution < 1.29 is 28.6 Å². The number of carboxylic acid groups (broad SMARTS) is 1. The van der Waals surface area contributed by atoms with Crippen LogP contribution in [-0.4, -0.2) is 43.6 Å². The van der Waals surface area contributed by atoms with Gasteiger partial charge in [-0.1, -0.05) is 0 Å². The minimum atomic E-state index is -1.28. The maximum absolute atomic E-state index is 12.6. The fourth-order valence-electron chi connectivity index (χ4n) is 3.53. The molecule has 0 radical (unpaired) electrons. The number of ether oxygens (including phenoxy) is 2. The van der Waals surface area contributed by atoms with E-state index in [1.165, 1.54) is 19.1 Å². The molecule has 1 aromatic heterocycles. The van der Waals surface area contributed by atoms with Crippen molar-refractivity contribution in [3.63, 3.8) is 0 Å². The van der Waals surface area contributed by atoms with E-state index in [1.807, 2.05) is 0 Å². The molecule has 1 atom stereocenters. The first-order valence-corrected chi connectivity index (χ1v) is 8.56. The molecule has 2 heterocycles. The molecule has 1 fully saturated rings. The minimum absolute atomic E-state index is 0.198. The van der Waals surface area contributed by atoms with E-state index in [0.29, 0.717) is 41.8 Å². The number of aliphatic carboxylic acids is 1. The van der Waals surface area contributed by atoms with Crippen LogP contribution in [0.3, 0.4) is 0 Å². The third-order valence-corrected chi connectivity index (χ3v) is 4.97. The highest BCUT2D eigenvalue weighted by atomic mass is 16.5. The van der Waals surface area contributed by atoms with Crippen LogP contribution in [0.5, 0.6) is 11.5 Å². The number of likely N-dealkylation sites (tertiary alicyclic amines) is 1. The maximum atomic E-state index is 12.6. The zero-order valence-electron chi connectivity index (χ0n) is 15.4. The van der Waals surface area contributed by atoms with Crippen molar-refractivity contribution in [2.75, 3.05) is 20.8 Å². The quantitative estimate of drug-likeness (QED) is 0.697. The van der Waals surface area contributed by atoms with Crippen LogP contribution in [0.15, 0.2) is 21.3 Å². The third kappa shape index (κ3) is 3.22. The van der Waals surface area contributed by atoms with E-state index in [2.05, 4.69) is 0 Å². The Labute approximate surface area is 155 Å². The van der Waals surface area contributed by atoms with Gasteiger partial charge < -0.3 is 28.7 Å². The first kappa shape index (κ1) is 18.8. The molecule has 0 saturated carbocycles. The summed E-state index contributed by atoms with van der Waals surface area (Å²) in [4.78, 5) is 37.6. The highest BCUT2D eigenvalue weighted by Gasteiger charge is 2.30. The van der Waals surface area contributed by atoms with E-state index in [4.69, 9.17) is 13.9 Å². The fourth-order valence-corrected chi connectivity index (χ4v) is 3.53. The molecule has 8 heteroatoms. The minimum Gasteiger partial charge on any atom is -0.548 e. The molecule has 3 rings (SSSR count). The Hall–Kier alpha value is -3.03. The van der Waals surface area contributed by atoms with Crippen molar-refractivity contribution in [3.8, 4) is 11.5 Å². The van der Waals surface area contributed by atoms with Gasteiger partial charge in [-0.3, -0.25) is 4.79 Å². The number of fused-ring (bicyclic) bond motifs is 1. The Morgan fingerprint density at radius 1 is 1.30 bits per heavy atom. The molecule has 2 aromatic rings. The van der Waals surface area contributed by atoms with Gasteiger partial charge in [0.25, 0.3) is 0 Å². The Bertz CT molecular complexity index is 963. The van der Waals surface area contributed by atoms with Crippen LogP contribution in [-0.2, 0) is 16.0 Å². The van der Waals surface area contributed by atoms with Gasteiger partial charge in [0.05, 0.1) is 38.2 Å². The van der Waals surface area contributed by atoms with Gasteiger partial charge in [0.1, 0.15) is 0 Å². The van der Waals surface area contributed by atoms with Crippen LogP contribution < -0.4 is 20.2 Å². The van der Waals surface area contributed by atoms with E-state index in [1.54, 1.807) is 19.1 Å². The smallest absolute Gasteiger partial charge is 0.340 e. The van der Waals surface area contributed by atoms with Crippen molar-refractivity contribution in [1.29, 1.82) is 0 Å². The van der Waals surface area contributed by atoms with E-state index < -0.39 is 23.5 Å². The van der Waals surface area contributed by atoms with Gasteiger partial charge in [0.2, 0.25) is 11.7 Å². The van der Waals surface area contributed by atoms with Gasteiger partial charge >= 0.3 is 5.63 Å². The summed E-state index contributed by atoms with van der Waals surface area (Å²) in [6.07, 6.45) is 0.714. The lowest BCUT2D eigenvalue weighted by molar-refractivity contribution is -0.310. The number of hydrogen-bond donors (Lipinski definition) is 0. The summed E-state index contributed by atoms with van der Waals surface area (Å²) in [6, 6.07) is 2.46. The van der Waals surface area contributed by atoms with Crippen LogP contribution >= 0.6 is 0 Å². The number of carbonyl (C=O) groups excluding carboxylic acids is 2. The molecule has 0 unspecified atom stereocenters. The van der Waals surface area contributed by atoms with Crippen LogP contribution in [0, 0.1) is 6.92 Å². The number of rotatable bonds is 5. The molecule has 1 aromatic carbocycles. The number of methoxy groups -OCH3 is 2. The van der Waals surface area contributed by atoms with Crippen LogP contribution in [0.4, 0.5) is 0 Å². The highest BCUT2D eigenvalue weighted by molar-refractivity contribution is 5.90. The summed E-state index contributed by atoms with van der Waals surface area (Å²) >= 11 is 0. The third-order valence-electron chi connectivity index (χ3n) is 4.97. The Morgan fingerprint density at radius 2 is 2.04 bits per heavy atom. The van der Waals surface area contributed by atoms with Crippen molar-refractivity contribution in [2.24, 2.45) is 0 Å². The molecular weight excluding hydrogens is 354 g/mol.